The van der Waals surface area contributed by atoms with Gasteiger partial charge in [0.05, 0.1) is 0 Å². The van der Waals surface area contributed by atoms with Crippen molar-refractivity contribution in [3.63, 3.8) is 0 Å². The Kier molecular flexibility index (Phi) is 9.48. The van der Waals surface area contributed by atoms with Gasteiger partial charge in [-0.15, -0.1) is 0 Å². The molecule has 0 bridgehead atoms. The average molecular weight is 314 g/mol. The maximum Gasteiger partial charge on any atom is 0.119 e. The molecule has 1 rings (SSSR count). The zero-order chi connectivity index (χ0) is 15.5. The van der Waals surface area contributed by atoms with Gasteiger partial charge in [0.2, 0.25) is 0 Å². The van der Waals surface area contributed by atoms with Crippen LogP contribution < -0.4 is 10.1 Å². The van der Waals surface area contributed by atoms with Crippen molar-refractivity contribution in [2.75, 3.05) is 13.2 Å². The van der Waals surface area contributed by atoms with Crippen LogP contribution in [0.2, 0.25) is 5.02 Å². The van der Waals surface area contributed by atoms with E-state index in [2.05, 4.69) is 19.2 Å². The first kappa shape index (κ1) is 18.3. The first-order valence-electron chi connectivity index (χ1n) is 7.95. The molecule has 3 nitrogen and oxygen atoms in total. The molecular formula is C17H28ClNO2. The van der Waals surface area contributed by atoms with Gasteiger partial charge in [0.1, 0.15) is 18.5 Å². The lowest BCUT2D eigenvalue weighted by molar-refractivity contribution is 0.103. The fourth-order valence-electron chi connectivity index (χ4n) is 2.23. The number of hydrogen-bond acceptors (Lipinski definition) is 3. The molecule has 0 aromatic heterocycles. The number of rotatable bonds is 11. The minimum Gasteiger partial charge on any atom is -0.491 e. The molecule has 2 atom stereocenters. The van der Waals surface area contributed by atoms with Gasteiger partial charge in [-0.05, 0) is 37.1 Å². The number of nitrogens with one attached hydrogen (secondary N) is 1. The Morgan fingerprint density at radius 2 is 1.86 bits per heavy atom. The van der Waals surface area contributed by atoms with Crippen LogP contribution in [0, 0.1) is 0 Å². The summed E-state index contributed by atoms with van der Waals surface area (Å²) in [6, 6.07) is 7.68. The van der Waals surface area contributed by atoms with Gasteiger partial charge in [-0.3, -0.25) is 0 Å². The quantitative estimate of drug-likeness (QED) is 0.648. The van der Waals surface area contributed by atoms with E-state index in [1.165, 1.54) is 25.7 Å². The van der Waals surface area contributed by atoms with E-state index < -0.39 is 6.10 Å². The van der Waals surface area contributed by atoms with Crippen LogP contribution in [0.25, 0.3) is 0 Å². The molecule has 0 saturated heterocycles. The molecule has 2 N–H and O–H groups in total. The van der Waals surface area contributed by atoms with Crippen LogP contribution in [0.15, 0.2) is 24.3 Å². The summed E-state index contributed by atoms with van der Waals surface area (Å²) in [4.78, 5) is 0. The van der Waals surface area contributed by atoms with Gasteiger partial charge in [0.25, 0.3) is 0 Å². The summed E-state index contributed by atoms with van der Waals surface area (Å²) in [5, 5.41) is 14.1. The third-order valence-corrected chi connectivity index (χ3v) is 3.69. The third-order valence-electron chi connectivity index (χ3n) is 3.44. The predicted molar refractivity (Wildman–Crippen MR) is 89.2 cm³/mol. The van der Waals surface area contributed by atoms with Crippen molar-refractivity contribution in [2.45, 2.75) is 58.1 Å². The molecular weight excluding hydrogens is 286 g/mol. The second-order valence-corrected chi connectivity index (χ2v) is 5.89. The van der Waals surface area contributed by atoms with Crippen molar-refractivity contribution in [2.24, 2.45) is 0 Å². The third kappa shape index (κ3) is 8.30. The largest absolute Gasteiger partial charge is 0.491 e. The van der Waals surface area contributed by atoms with Crippen LogP contribution in [0.1, 0.15) is 46.0 Å². The summed E-state index contributed by atoms with van der Waals surface area (Å²) in [6.45, 7) is 5.27. The molecule has 0 aliphatic heterocycles. The zero-order valence-electron chi connectivity index (χ0n) is 13.1. The maximum absolute atomic E-state index is 9.99. The van der Waals surface area contributed by atoms with Crippen molar-refractivity contribution in [3.05, 3.63) is 29.3 Å². The van der Waals surface area contributed by atoms with Crippen molar-refractivity contribution < 1.29 is 9.84 Å². The predicted octanol–water partition coefficient (Wildman–Crippen LogP) is 4.03. The highest BCUT2D eigenvalue weighted by molar-refractivity contribution is 6.30. The minimum atomic E-state index is -0.498. The van der Waals surface area contributed by atoms with Crippen LogP contribution in [0.5, 0.6) is 5.75 Å². The Balaban J connectivity index is 2.25. The monoisotopic (exact) mass is 313 g/mol. The van der Waals surface area contributed by atoms with Crippen LogP contribution >= 0.6 is 11.6 Å². The van der Waals surface area contributed by atoms with Gasteiger partial charge in [-0.2, -0.15) is 0 Å². The number of hydrogen-bond donors (Lipinski definition) is 2. The SMILES string of the molecule is CCCCC(CCC)NCC(O)COc1ccc(Cl)cc1. The zero-order valence-corrected chi connectivity index (χ0v) is 13.9. The Morgan fingerprint density at radius 3 is 2.48 bits per heavy atom. The van der Waals surface area contributed by atoms with E-state index in [1.54, 1.807) is 12.1 Å². The van der Waals surface area contributed by atoms with Crippen molar-refractivity contribution >= 4 is 11.6 Å². The molecule has 0 amide bonds. The Labute approximate surface area is 133 Å². The molecule has 0 radical (unpaired) electrons. The Hall–Kier alpha value is -0.770. The standard InChI is InChI=1S/C17H28ClNO2/c1-3-5-7-15(6-4-2)19-12-16(20)13-21-17-10-8-14(18)9-11-17/h8-11,15-16,19-20H,3-7,12-13H2,1-2H3. The lowest BCUT2D eigenvalue weighted by Gasteiger charge is -2.20. The second-order valence-electron chi connectivity index (χ2n) is 5.45. The van der Waals surface area contributed by atoms with Crippen molar-refractivity contribution in [1.29, 1.82) is 0 Å². The molecule has 0 aliphatic rings. The van der Waals surface area contributed by atoms with E-state index in [1.807, 2.05) is 12.1 Å². The summed E-state index contributed by atoms with van der Waals surface area (Å²) in [5.41, 5.74) is 0. The molecule has 0 saturated carbocycles. The fourth-order valence-corrected chi connectivity index (χ4v) is 2.36. The minimum absolute atomic E-state index is 0.293. The molecule has 0 aliphatic carbocycles. The van der Waals surface area contributed by atoms with Gasteiger partial charge in [-0.25, -0.2) is 0 Å². The maximum atomic E-state index is 9.99. The smallest absolute Gasteiger partial charge is 0.119 e. The molecule has 2 unspecified atom stereocenters. The van der Waals surface area contributed by atoms with Crippen molar-refractivity contribution in [1.82, 2.24) is 5.32 Å². The summed E-state index contributed by atoms with van der Waals surface area (Å²) in [5.74, 6) is 0.731. The summed E-state index contributed by atoms with van der Waals surface area (Å²) in [7, 11) is 0. The van der Waals surface area contributed by atoms with E-state index >= 15 is 0 Å². The fraction of sp³-hybridized carbons (Fsp3) is 0.647. The topological polar surface area (TPSA) is 41.5 Å². The van der Waals surface area contributed by atoms with Gasteiger partial charge in [0, 0.05) is 17.6 Å². The molecule has 0 spiro atoms. The lowest BCUT2D eigenvalue weighted by Crippen LogP contribution is -2.38. The van der Waals surface area contributed by atoms with Crippen LogP contribution in [0.4, 0.5) is 0 Å². The first-order chi connectivity index (χ1) is 10.2. The molecule has 21 heavy (non-hydrogen) atoms. The normalized spacial score (nSPS) is 13.9. The summed E-state index contributed by atoms with van der Waals surface area (Å²) in [6.07, 6.45) is 5.44. The van der Waals surface area contributed by atoms with Crippen LogP contribution in [-0.2, 0) is 0 Å². The molecule has 0 fully saturated rings. The summed E-state index contributed by atoms with van der Waals surface area (Å²) < 4.78 is 5.55. The van der Waals surface area contributed by atoms with E-state index in [0.29, 0.717) is 24.2 Å². The van der Waals surface area contributed by atoms with Crippen molar-refractivity contribution in [3.8, 4) is 5.75 Å². The van der Waals surface area contributed by atoms with Gasteiger partial charge in [-0.1, -0.05) is 44.7 Å². The van der Waals surface area contributed by atoms with Gasteiger partial charge < -0.3 is 15.2 Å². The number of halogens is 1. The number of unbranched alkanes of at least 4 members (excludes halogenated alkanes) is 1. The van der Waals surface area contributed by atoms with E-state index in [0.717, 1.165) is 12.2 Å². The highest BCUT2D eigenvalue weighted by Gasteiger charge is 2.10. The molecule has 1 aromatic carbocycles. The van der Waals surface area contributed by atoms with Gasteiger partial charge >= 0.3 is 0 Å². The van der Waals surface area contributed by atoms with Crippen LogP contribution in [-0.4, -0.2) is 30.4 Å². The Bertz CT molecular complexity index is 370. The lowest BCUT2D eigenvalue weighted by atomic mass is 10.1. The summed E-state index contributed by atoms with van der Waals surface area (Å²) >= 11 is 5.82. The molecule has 4 heteroatoms. The van der Waals surface area contributed by atoms with Gasteiger partial charge in [0.15, 0.2) is 0 Å². The highest BCUT2D eigenvalue weighted by atomic mass is 35.5. The number of benzene rings is 1. The first-order valence-corrected chi connectivity index (χ1v) is 8.33. The molecule has 120 valence electrons. The molecule has 0 heterocycles. The van der Waals surface area contributed by atoms with Crippen LogP contribution in [0.3, 0.4) is 0 Å². The number of aliphatic hydroxyl groups is 1. The van der Waals surface area contributed by atoms with E-state index in [9.17, 15) is 5.11 Å². The average Bonchev–Trinajstić information content (AvgIpc) is 2.49. The number of ether oxygens (including phenoxy) is 1. The Morgan fingerprint density at radius 1 is 1.14 bits per heavy atom. The number of aliphatic hydroxyl groups excluding tert-OH is 1. The second kappa shape index (κ2) is 10.9. The molecule has 1 aromatic rings. The van der Waals surface area contributed by atoms with E-state index in [-0.39, 0.29) is 0 Å². The van der Waals surface area contributed by atoms with E-state index in [4.69, 9.17) is 16.3 Å². The highest BCUT2D eigenvalue weighted by Crippen LogP contribution is 2.15.